The molecule has 0 amide bonds. The Labute approximate surface area is 69.4 Å². The highest BCUT2D eigenvalue weighted by atomic mass is 32.2. The normalized spacial score (nSPS) is 8.10. The van der Waals surface area contributed by atoms with E-state index >= 15 is 0 Å². The molecule has 0 aliphatic carbocycles. The first-order valence-electron chi connectivity index (χ1n) is 3.65. The van der Waals surface area contributed by atoms with Crippen LogP contribution in [-0.4, -0.2) is 0 Å². The van der Waals surface area contributed by atoms with Gasteiger partial charge in [0, 0.05) is 0 Å². The van der Waals surface area contributed by atoms with Crippen molar-refractivity contribution in [3.8, 4) is 0 Å². The summed E-state index contributed by atoms with van der Waals surface area (Å²) in [6.45, 7) is 15.7. The lowest BCUT2D eigenvalue weighted by Gasteiger charge is -2.02. The summed E-state index contributed by atoms with van der Waals surface area (Å²) in [6, 6.07) is 0. The minimum Gasteiger partial charge on any atom is -0.103 e. The second kappa shape index (κ2) is 8.83. The van der Waals surface area contributed by atoms with Crippen molar-refractivity contribution in [2.24, 2.45) is 5.92 Å². The van der Waals surface area contributed by atoms with Gasteiger partial charge in [-0.1, -0.05) is 40.9 Å². The van der Waals surface area contributed by atoms with Crippen LogP contribution in [0.1, 0.15) is 27.7 Å². The molecule has 0 nitrogen and oxygen atoms in total. The summed E-state index contributed by atoms with van der Waals surface area (Å²) in [4.78, 5) is 1.18. The van der Waals surface area contributed by atoms with Crippen molar-refractivity contribution in [2.75, 3.05) is 0 Å². The molecule has 0 radical (unpaired) electrons. The molecule has 0 aliphatic heterocycles. The van der Waals surface area contributed by atoms with Crippen molar-refractivity contribution in [1.82, 2.24) is 0 Å². The predicted molar refractivity (Wildman–Crippen MR) is 53.1 cm³/mol. The summed E-state index contributed by atoms with van der Waals surface area (Å²) < 4.78 is 0. The van der Waals surface area contributed by atoms with E-state index in [4.69, 9.17) is 0 Å². The summed E-state index contributed by atoms with van der Waals surface area (Å²) in [5.74, 6) is 0.568. The molecular formula is C9H18S. The number of thioether (sulfide) groups is 1. The van der Waals surface area contributed by atoms with Crippen molar-refractivity contribution >= 4 is 11.8 Å². The zero-order valence-electron chi connectivity index (χ0n) is 7.48. The van der Waals surface area contributed by atoms with Gasteiger partial charge < -0.3 is 0 Å². The second-order valence-electron chi connectivity index (χ2n) is 1.91. The highest BCUT2D eigenvalue weighted by Crippen LogP contribution is 2.21. The molecule has 0 heterocycles. The van der Waals surface area contributed by atoms with Gasteiger partial charge in [0.05, 0.1) is 0 Å². The van der Waals surface area contributed by atoms with E-state index in [0.717, 1.165) is 0 Å². The molecule has 0 atom stereocenters. The molecule has 0 spiro atoms. The van der Waals surface area contributed by atoms with Gasteiger partial charge in [0.2, 0.25) is 0 Å². The third-order valence-corrected chi connectivity index (χ3v) is 1.82. The van der Waals surface area contributed by atoms with Crippen LogP contribution in [0.5, 0.6) is 0 Å². The molecule has 0 saturated carbocycles. The first-order valence-corrected chi connectivity index (χ1v) is 4.52. The smallest absolute Gasteiger partial charge is 0.0155 e. The molecule has 60 valence electrons. The molecular weight excluding hydrogens is 140 g/mol. The van der Waals surface area contributed by atoms with E-state index in [1.165, 1.54) is 4.91 Å². The zero-order valence-corrected chi connectivity index (χ0v) is 8.29. The van der Waals surface area contributed by atoms with Crippen molar-refractivity contribution < 1.29 is 0 Å². The lowest BCUT2D eigenvalue weighted by Crippen LogP contribution is -1.83. The number of allylic oxidation sites excluding steroid dienone is 1. The van der Waals surface area contributed by atoms with Gasteiger partial charge in [-0.25, -0.2) is 0 Å². The lowest BCUT2D eigenvalue weighted by molar-refractivity contribution is 0.820. The van der Waals surface area contributed by atoms with Gasteiger partial charge in [-0.15, -0.1) is 11.8 Å². The molecule has 0 unspecified atom stereocenters. The van der Waals surface area contributed by atoms with E-state index in [-0.39, 0.29) is 0 Å². The number of rotatable bonds is 3. The SMILES string of the molecule is C=CSC(=C)C(C)C.CC. The highest BCUT2D eigenvalue weighted by Gasteiger charge is 1.95. The van der Waals surface area contributed by atoms with Crippen molar-refractivity contribution in [1.29, 1.82) is 0 Å². The van der Waals surface area contributed by atoms with Crippen molar-refractivity contribution in [2.45, 2.75) is 27.7 Å². The van der Waals surface area contributed by atoms with E-state index in [1.807, 2.05) is 19.3 Å². The Hall–Kier alpha value is -0.170. The average Bonchev–Trinajstić information content (AvgIpc) is 1.93. The first kappa shape index (κ1) is 12.5. The summed E-state index contributed by atoms with van der Waals surface area (Å²) >= 11 is 1.61. The summed E-state index contributed by atoms with van der Waals surface area (Å²) in [5, 5.41) is 1.81. The van der Waals surface area contributed by atoms with Gasteiger partial charge in [0.15, 0.2) is 0 Å². The Bertz CT molecular complexity index is 92.9. The maximum atomic E-state index is 3.84. The van der Waals surface area contributed by atoms with Gasteiger partial charge in [-0.05, 0) is 16.2 Å². The quantitative estimate of drug-likeness (QED) is 0.597. The molecule has 0 aromatic carbocycles. The van der Waals surface area contributed by atoms with Crippen LogP contribution in [0.15, 0.2) is 23.5 Å². The van der Waals surface area contributed by atoms with E-state index in [2.05, 4.69) is 27.0 Å². The van der Waals surface area contributed by atoms with Crippen LogP contribution in [0.25, 0.3) is 0 Å². The van der Waals surface area contributed by atoms with Crippen LogP contribution in [0.2, 0.25) is 0 Å². The molecule has 0 fully saturated rings. The monoisotopic (exact) mass is 158 g/mol. The van der Waals surface area contributed by atoms with Crippen LogP contribution >= 0.6 is 11.8 Å². The molecule has 0 rings (SSSR count). The van der Waals surface area contributed by atoms with Crippen LogP contribution in [0, 0.1) is 5.92 Å². The molecule has 10 heavy (non-hydrogen) atoms. The molecule has 0 saturated heterocycles. The third kappa shape index (κ3) is 7.83. The van der Waals surface area contributed by atoms with E-state index < -0.39 is 0 Å². The molecule has 0 aliphatic rings. The van der Waals surface area contributed by atoms with Crippen molar-refractivity contribution in [3.05, 3.63) is 23.5 Å². The molecule has 0 aromatic heterocycles. The number of hydrogen-bond donors (Lipinski definition) is 0. The predicted octanol–water partition coefficient (Wildman–Crippen LogP) is 4.06. The Kier molecular flexibility index (Phi) is 11.0. The first-order chi connectivity index (χ1) is 4.68. The van der Waals surface area contributed by atoms with Gasteiger partial charge in [-0.2, -0.15) is 0 Å². The standard InChI is InChI=1S/C7H12S.C2H6/c1-5-8-7(4)6(2)3;1-2/h5-6H,1,4H2,2-3H3;1-2H3. The fourth-order valence-corrected chi connectivity index (χ4v) is 0.729. The Morgan fingerprint density at radius 3 is 1.90 bits per heavy atom. The fourth-order valence-electron chi connectivity index (χ4n) is 0.243. The van der Waals surface area contributed by atoms with Gasteiger partial charge in [-0.3, -0.25) is 0 Å². The minimum atomic E-state index is 0.568. The Morgan fingerprint density at radius 2 is 1.80 bits per heavy atom. The maximum Gasteiger partial charge on any atom is -0.0155 e. The molecule has 0 N–H and O–H groups in total. The van der Waals surface area contributed by atoms with Crippen LogP contribution in [0.3, 0.4) is 0 Å². The summed E-state index contributed by atoms with van der Waals surface area (Å²) in [5.41, 5.74) is 0. The second-order valence-corrected chi connectivity index (χ2v) is 3.00. The van der Waals surface area contributed by atoms with E-state index in [1.54, 1.807) is 11.8 Å². The van der Waals surface area contributed by atoms with Crippen molar-refractivity contribution in [3.63, 3.8) is 0 Å². The molecule has 0 bridgehead atoms. The molecule has 0 aromatic rings. The van der Waals surface area contributed by atoms with Gasteiger partial charge in [0.25, 0.3) is 0 Å². The Balaban J connectivity index is 0. The summed E-state index contributed by atoms with van der Waals surface area (Å²) in [7, 11) is 0. The van der Waals surface area contributed by atoms with Crippen LogP contribution in [-0.2, 0) is 0 Å². The fraction of sp³-hybridized carbons (Fsp3) is 0.556. The van der Waals surface area contributed by atoms with Gasteiger partial charge in [0.1, 0.15) is 0 Å². The Morgan fingerprint density at radius 1 is 1.40 bits per heavy atom. The molecule has 1 heteroatoms. The summed E-state index contributed by atoms with van der Waals surface area (Å²) in [6.07, 6.45) is 0. The van der Waals surface area contributed by atoms with E-state index in [0.29, 0.717) is 5.92 Å². The number of hydrogen-bond acceptors (Lipinski definition) is 1. The van der Waals surface area contributed by atoms with Crippen LogP contribution < -0.4 is 0 Å². The highest BCUT2D eigenvalue weighted by molar-refractivity contribution is 8.05. The van der Waals surface area contributed by atoms with E-state index in [9.17, 15) is 0 Å². The largest absolute Gasteiger partial charge is 0.103 e. The maximum absolute atomic E-state index is 3.84. The topological polar surface area (TPSA) is 0 Å². The third-order valence-electron chi connectivity index (χ3n) is 0.879. The minimum absolute atomic E-state index is 0.568. The van der Waals surface area contributed by atoms with Crippen LogP contribution in [0.4, 0.5) is 0 Å². The lowest BCUT2D eigenvalue weighted by atomic mass is 10.2. The average molecular weight is 158 g/mol. The van der Waals surface area contributed by atoms with Gasteiger partial charge >= 0.3 is 0 Å². The zero-order chi connectivity index (χ0) is 8.57.